The van der Waals surface area contributed by atoms with Gasteiger partial charge in [-0.2, -0.15) is 0 Å². The van der Waals surface area contributed by atoms with E-state index in [1.54, 1.807) is 55.5 Å². The minimum Gasteiger partial charge on any atom is -0.463 e. The van der Waals surface area contributed by atoms with E-state index >= 15 is 0 Å². The quantitative estimate of drug-likeness (QED) is 0.201. The molecule has 4 aromatic rings. The molecule has 0 spiro atoms. The van der Waals surface area contributed by atoms with Crippen LogP contribution in [-0.2, 0) is 19.6 Å². The number of allylic oxidation sites excluding steroid dienone is 1. The maximum absolute atomic E-state index is 14.7. The number of nitrogens with zero attached hydrogens (tertiary/aromatic N) is 1. The molecule has 0 saturated carbocycles. The van der Waals surface area contributed by atoms with Gasteiger partial charge in [0.25, 0.3) is 10.0 Å². The van der Waals surface area contributed by atoms with Crippen molar-refractivity contribution in [3.63, 3.8) is 0 Å². The zero-order valence-corrected chi connectivity index (χ0v) is 24.7. The summed E-state index contributed by atoms with van der Waals surface area (Å²) in [5.41, 5.74) is 3.90. The fourth-order valence-electron chi connectivity index (χ4n) is 4.91. The van der Waals surface area contributed by atoms with Gasteiger partial charge in [0.2, 0.25) is 0 Å². The number of ether oxygens (including phenoxy) is 1. The van der Waals surface area contributed by atoms with E-state index in [-0.39, 0.29) is 27.1 Å². The predicted molar refractivity (Wildman–Crippen MR) is 163 cm³/mol. The summed E-state index contributed by atoms with van der Waals surface area (Å²) in [5.74, 6) is -0.645. The number of sulfonamides is 1. The third kappa shape index (κ3) is 5.55. The summed E-state index contributed by atoms with van der Waals surface area (Å²) in [6.45, 7) is 3.70. The lowest BCUT2D eigenvalue weighted by molar-refractivity contribution is -0.138. The summed E-state index contributed by atoms with van der Waals surface area (Å²) < 4.78 is 36.0. The summed E-state index contributed by atoms with van der Waals surface area (Å²) >= 11 is 13.1. The van der Waals surface area contributed by atoms with Crippen LogP contribution in [0.3, 0.4) is 0 Å². The van der Waals surface area contributed by atoms with Crippen LogP contribution >= 0.6 is 23.2 Å². The summed E-state index contributed by atoms with van der Waals surface area (Å²) in [4.78, 5) is 13.6. The van der Waals surface area contributed by atoms with E-state index in [2.05, 4.69) is 0 Å². The van der Waals surface area contributed by atoms with Crippen molar-refractivity contribution in [3.05, 3.63) is 153 Å². The Labute approximate surface area is 250 Å². The minimum atomic E-state index is -4.26. The van der Waals surface area contributed by atoms with Gasteiger partial charge in [-0.3, -0.25) is 4.31 Å². The standard InChI is InChI=1S/C33H27Cl2NO4S/c1-3-40-33(37)27-21-29(30(23-11-6-4-7-12-23)24-13-8-5-9-14-24)36(32(27)26-15-10-16-28(34)31(26)35)41(38,39)25-19-17-22(2)18-20-25/h4-21,32H,3H2,1-2H3. The molecule has 1 atom stereocenters. The summed E-state index contributed by atoms with van der Waals surface area (Å²) in [7, 11) is -4.26. The first-order valence-corrected chi connectivity index (χ1v) is 15.2. The third-order valence-electron chi connectivity index (χ3n) is 6.80. The van der Waals surface area contributed by atoms with Gasteiger partial charge >= 0.3 is 5.97 Å². The molecule has 5 rings (SSSR count). The smallest absolute Gasteiger partial charge is 0.336 e. The van der Waals surface area contributed by atoms with E-state index in [4.69, 9.17) is 27.9 Å². The number of aryl methyl sites for hydroxylation is 1. The number of hydrogen-bond acceptors (Lipinski definition) is 4. The van der Waals surface area contributed by atoms with Crippen molar-refractivity contribution < 1.29 is 17.9 Å². The van der Waals surface area contributed by atoms with Crippen LogP contribution in [0, 0.1) is 6.92 Å². The van der Waals surface area contributed by atoms with E-state index in [0.29, 0.717) is 16.8 Å². The fraction of sp³-hybridized carbons (Fsp3) is 0.121. The highest BCUT2D eigenvalue weighted by Gasteiger charge is 2.45. The molecule has 1 aliphatic rings. The van der Waals surface area contributed by atoms with Gasteiger partial charge in [-0.15, -0.1) is 0 Å². The maximum atomic E-state index is 14.7. The lowest BCUT2D eigenvalue weighted by Gasteiger charge is -2.31. The molecule has 0 aliphatic carbocycles. The topological polar surface area (TPSA) is 63.7 Å². The van der Waals surface area contributed by atoms with Crippen LogP contribution in [0.1, 0.15) is 35.2 Å². The highest BCUT2D eigenvalue weighted by molar-refractivity contribution is 7.89. The Balaban J connectivity index is 1.91. The monoisotopic (exact) mass is 603 g/mol. The number of esters is 1. The fourth-order valence-corrected chi connectivity index (χ4v) is 6.94. The number of halogens is 2. The number of benzene rings is 4. The molecule has 0 aromatic heterocycles. The molecule has 4 aromatic carbocycles. The predicted octanol–water partition coefficient (Wildman–Crippen LogP) is 8.00. The van der Waals surface area contributed by atoms with Crippen molar-refractivity contribution in [1.29, 1.82) is 0 Å². The number of carbonyl (C=O) groups excluding carboxylic acids is 1. The number of carbonyl (C=O) groups is 1. The molecule has 41 heavy (non-hydrogen) atoms. The molecule has 1 aliphatic heterocycles. The zero-order chi connectivity index (χ0) is 29.1. The Morgan fingerprint density at radius 2 is 1.41 bits per heavy atom. The molecular weight excluding hydrogens is 577 g/mol. The first kappa shape index (κ1) is 28.7. The van der Waals surface area contributed by atoms with Crippen LogP contribution in [0.4, 0.5) is 0 Å². The van der Waals surface area contributed by atoms with E-state index in [1.165, 1.54) is 4.31 Å². The van der Waals surface area contributed by atoms with Crippen LogP contribution in [-0.4, -0.2) is 25.3 Å². The average Bonchev–Trinajstić information content (AvgIpc) is 3.37. The highest BCUT2D eigenvalue weighted by atomic mass is 35.5. The van der Waals surface area contributed by atoms with Crippen LogP contribution in [0.25, 0.3) is 5.57 Å². The molecule has 0 amide bonds. The van der Waals surface area contributed by atoms with Gasteiger partial charge in [0, 0.05) is 11.1 Å². The SMILES string of the molecule is CCOC(=O)C1=CC(=C(c2ccccc2)c2ccccc2)N(S(=O)(=O)c2ccc(C)cc2)C1c1cccc(Cl)c1Cl. The van der Waals surface area contributed by atoms with E-state index in [0.717, 1.165) is 16.7 Å². The molecule has 0 radical (unpaired) electrons. The molecular formula is C33H27Cl2NO4S. The van der Waals surface area contributed by atoms with E-state index in [9.17, 15) is 13.2 Å². The van der Waals surface area contributed by atoms with Crippen molar-refractivity contribution in [2.24, 2.45) is 0 Å². The van der Waals surface area contributed by atoms with E-state index < -0.39 is 22.0 Å². The second kappa shape index (κ2) is 12.0. The molecule has 1 heterocycles. The van der Waals surface area contributed by atoms with Gasteiger partial charge in [-0.1, -0.05) is 114 Å². The molecule has 0 bridgehead atoms. The molecule has 5 nitrogen and oxygen atoms in total. The first-order chi connectivity index (χ1) is 19.7. The maximum Gasteiger partial charge on any atom is 0.336 e. The number of rotatable bonds is 7. The van der Waals surface area contributed by atoms with E-state index in [1.807, 2.05) is 67.6 Å². The largest absolute Gasteiger partial charge is 0.463 e. The third-order valence-corrected chi connectivity index (χ3v) is 9.43. The van der Waals surface area contributed by atoms with Gasteiger partial charge in [-0.25, -0.2) is 13.2 Å². The van der Waals surface area contributed by atoms with Crippen molar-refractivity contribution in [2.45, 2.75) is 24.8 Å². The molecule has 0 N–H and O–H groups in total. The van der Waals surface area contributed by atoms with Crippen LogP contribution in [0.2, 0.25) is 10.0 Å². The molecule has 1 unspecified atom stereocenters. The Morgan fingerprint density at radius 1 is 0.829 bits per heavy atom. The van der Waals surface area contributed by atoms with Crippen LogP contribution in [0.5, 0.6) is 0 Å². The zero-order valence-electron chi connectivity index (χ0n) is 22.4. The Morgan fingerprint density at radius 3 is 1.98 bits per heavy atom. The normalized spacial score (nSPS) is 15.0. The highest BCUT2D eigenvalue weighted by Crippen LogP contribution is 2.49. The Hall–Kier alpha value is -3.84. The summed E-state index contributed by atoms with van der Waals surface area (Å²) in [6.07, 6.45) is 1.60. The summed E-state index contributed by atoms with van der Waals surface area (Å²) in [5, 5.41) is 0.393. The first-order valence-electron chi connectivity index (χ1n) is 13.0. The molecule has 8 heteroatoms. The van der Waals surface area contributed by atoms with Crippen molar-refractivity contribution in [3.8, 4) is 0 Å². The van der Waals surface area contributed by atoms with Crippen molar-refractivity contribution in [1.82, 2.24) is 4.31 Å². The molecule has 0 fully saturated rings. The molecule has 208 valence electrons. The summed E-state index contributed by atoms with van der Waals surface area (Å²) in [6, 6.07) is 29.4. The van der Waals surface area contributed by atoms with Crippen LogP contribution in [0.15, 0.2) is 125 Å². The van der Waals surface area contributed by atoms with Gasteiger partial charge in [-0.05, 0) is 49.2 Å². The van der Waals surface area contributed by atoms with Crippen LogP contribution < -0.4 is 0 Å². The lowest BCUT2D eigenvalue weighted by atomic mass is 9.96. The second-order valence-electron chi connectivity index (χ2n) is 9.47. The van der Waals surface area contributed by atoms with Gasteiger partial charge in [0.15, 0.2) is 0 Å². The molecule has 0 saturated heterocycles. The minimum absolute atomic E-state index is 0.0720. The Bertz CT molecular complexity index is 1710. The van der Waals surface area contributed by atoms with Gasteiger partial charge in [0.05, 0.1) is 32.8 Å². The van der Waals surface area contributed by atoms with Crippen molar-refractivity contribution in [2.75, 3.05) is 6.61 Å². The Kier molecular flexibility index (Phi) is 8.36. The van der Waals surface area contributed by atoms with Gasteiger partial charge < -0.3 is 4.74 Å². The second-order valence-corrected chi connectivity index (χ2v) is 12.1. The number of hydrogen-bond donors (Lipinski definition) is 0. The van der Waals surface area contributed by atoms with Crippen molar-refractivity contribution >= 4 is 44.8 Å². The lowest BCUT2D eigenvalue weighted by Crippen LogP contribution is -2.33. The van der Waals surface area contributed by atoms with Gasteiger partial charge in [0.1, 0.15) is 6.04 Å². The average molecular weight is 605 g/mol.